The third-order valence-corrected chi connectivity index (χ3v) is 4.77. The Morgan fingerprint density at radius 2 is 1.81 bits per heavy atom. The van der Waals surface area contributed by atoms with Crippen molar-refractivity contribution in [2.24, 2.45) is 0 Å². The second kappa shape index (κ2) is 7.38. The smallest absolute Gasteiger partial charge is 0.143 e. The molecule has 0 aliphatic rings. The third-order valence-electron chi connectivity index (χ3n) is 3.41. The topological polar surface area (TPSA) is 12.0 Å². The van der Waals surface area contributed by atoms with Crippen LogP contribution in [0.3, 0.4) is 0 Å². The van der Waals surface area contributed by atoms with Gasteiger partial charge in [0.15, 0.2) is 0 Å². The molecule has 0 spiro atoms. The zero-order valence-corrected chi connectivity index (χ0v) is 14.2. The lowest BCUT2D eigenvalue weighted by molar-refractivity contribution is 0.512. The van der Waals surface area contributed by atoms with E-state index in [9.17, 15) is 8.78 Å². The fourth-order valence-corrected chi connectivity index (χ4v) is 2.96. The minimum absolute atomic E-state index is 0.0951. The van der Waals surface area contributed by atoms with Crippen LogP contribution in [0.5, 0.6) is 0 Å². The SMILES string of the molecule is CNC(Cc1c(F)ccc(Br)c1F)c1ccc(SC)cc1. The van der Waals surface area contributed by atoms with Gasteiger partial charge in [0.2, 0.25) is 0 Å². The lowest BCUT2D eigenvalue weighted by atomic mass is 9.98. The van der Waals surface area contributed by atoms with Crippen LogP contribution in [-0.4, -0.2) is 13.3 Å². The summed E-state index contributed by atoms with van der Waals surface area (Å²) < 4.78 is 28.2. The van der Waals surface area contributed by atoms with Crippen molar-refractivity contribution < 1.29 is 8.78 Å². The van der Waals surface area contributed by atoms with Gasteiger partial charge in [0.1, 0.15) is 11.6 Å². The molecule has 0 saturated carbocycles. The Morgan fingerprint density at radius 3 is 2.38 bits per heavy atom. The van der Waals surface area contributed by atoms with E-state index in [1.165, 1.54) is 12.1 Å². The van der Waals surface area contributed by atoms with E-state index in [4.69, 9.17) is 0 Å². The second-order valence-electron chi connectivity index (χ2n) is 4.64. The summed E-state index contributed by atoms with van der Waals surface area (Å²) >= 11 is 4.76. The largest absolute Gasteiger partial charge is 0.313 e. The Balaban J connectivity index is 2.28. The van der Waals surface area contributed by atoms with E-state index in [-0.39, 0.29) is 22.5 Å². The molecule has 1 unspecified atom stereocenters. The van der Waals surface area contributed by atoms with Gasteiger partial charge < -0.3 is 5.32 Å². The quantitative estimate of drug-likeness (QED) is 0.589. The Morgan fingerprint density at radius 1 is 1.14 bits per heavy atom. The van der Waals surface area contributed by atoms with Gasteiger partial charge in [0.05, 0.1) is 4.47 Å². The van der Waals surface area contributed by atoms with Crippen LogP contribution in [0.2, 0.25) is 0 Å². The molecule has 2 aromatic rings. The first-order valence-corrected chi connectivity index (χ1v) is 8.52. The number of hydrogen-bond acceptors (Lipinski definition) is 2. The normalized spacial score (nSPS) is 12.4. The fourth-order valence-electron chi connectivity index (χ4n) is 2.18. The summed E-state index contributed by atoms with van der Waals surface area (Å²) in [7, 11) is 1.79. The monoisotopic (exact) mass is 371 g/mol. The van der Waals surface area contributed by atoms with E-state index in [0.29, 0.717) is 0 Å². The van der Waals surface area contributed by atoms with Gasteiger partial charge in [-0.2, -0.15) is 0 Å². The standard InChI is InChI=1S/C16H16BrF2NS/c1-20-15(10-3-5-11(21-2)6-4-10)9-12-14(18)8-7-13(17)16(12)19/h3-8,15,20H,9H2,1-2H3. The molecule has 0 fully saturated rings. The van der Waals surface area contributed by atoms with E-state index in [2.05, 4.69) is 21.2 Å². The average Bonchev–Trinajstić information content (AvgIpc) is 2.52. The molecule has 0 aliphatic heterocycles. The van der Waals surface area contributed by atoms with Crippen LogP contribution in [-0.2, 0) is 6.42 Å². The van der Waals surface area contributed by atoms with Crippen molar-refractivity contribution in [1.29, 1.82) is 0 Å². The lowest BCUT2D eigenvalue weighted by Crippen LogP contribution is -2.20. The lowest BCUT2D eigenvalue weighted by Gasteiger charge is -2.18. The van der Waals surface area contributed by atoms with Gasteiger partial charge in [-0.05, 0) is 65.5 Å². The number of benzene rings is 2. The van der Waals surface area contributed by atoms with Gasteiger partial charge >= 0.3 is 0 Å². The summed E-state index contributed by atoms with van der Waals surface area (Å²) in [5, 5.41) is 3.12. The first kappa shape index (κ1) is 16.5. The molecular weight excluding hydrogens is 356 g/mol. The number of thioether (sulfide) groups is 1. The molecule has 2 aromatic carbocycles. The number of rotatable bonds is 5. The Bertz CT molecular complexity index is 616. The summed E-state index contributed by atoms with van der Waals surface area (Å²) in [5.74, 6) is -1.05. The van der Waals surface area contributed by atoms with Crippen molar-refractivity contribution in [1.82, 2.24) is 5.32 Å². The van der Waals surface area contributed by atoms with E-state index in [1.54, 1.807) is 18.8 Å². The van der Waals surface area contributed by atoms with Crippen LogP contribution in [0, 0.1) is 11.6 Å². The highest BCUT2D eigenvalue weighted by molar-refractivity contribution is 9.10. The molecule has 0 aliphatic carbocycles. The predicted octanol–water partition coefficient (Wildman–Crippen LogP) is 4.95. The van der Waals surface area contributed by atoms with Gasteiger partial charge in [-0.3, -0.25) is 0 Å². The second-order valence-corrected chi connectivity index (χ2v) is 6.37. The summed E-state index contributed by atoms with van der Waals surface area (Å²) in [6, 6.07) is 10.5. The molecular formula is C16H16BrF2NS. The molecule has 21 heavy (non-hydrogen) atoms. The van der Waals surface area contributed by atoms with E-state index in [0.717, 1.165) is 10.5 Å². The maximum Gasteiger partial charge on any atom is 0.143 e. The van der Waals surface area contributed by atoms with Crippen LogP contribution in [0.15, 0.2) is 45.8 Å². The van der Waals surface area contributed by atoms with E-state index < -0.39 is 11.6 Å². The molecule has 0 amide bonds. The maximum atomic E-state index is 14.1. The molecule has 0 radical (unpaired) electrons. The van der Waals surface area contributed by atoms with Crippen LogP contribution >= 0.6 is 27.7 Å². The van der Waals surface area contributed by atoms with Crippen molar-refractivity contribution in [3.8, 4) is 0 Å². The highest BCUT2D eigenvalue weighted by atomic mass is 79.9. The molecule has 1 N–H and O–H groups in total. The summed E-state index contributed by atoms with van der Waals surface area (Å²) in [5.41, 5.74) is 1.10. The zero-order valence-electron chi connectivity index (χ0n) is 11.8. The van der Waals surface area contributed by atoms with Gasteiger partial charge in [-0.15, -0.1) is 11.8 Å². The third kappa shape index (κ3) is 3.84. The molecule has 5 heteroatoms. The Hall–Kier alpha value is -0.910. The minimum atomic E-state index is -0.531. The van der Waals surface area contributed by atoms with Crippen molar-refractivity contribution in [2.45, 2.75) is 17.4 Å². The van der Waals surface area contributed by atoms with Gasteiger partial charge in [-0.1, -0.05) is 12.1 Å². The maximum absolute atomic E-state index is 14.1. The first-order valence-electron chi connectivity index (χ1n) is 6.50. The Kier molecular flexibility index (Phi) is 5.79. The molecule has 0 heterocycles. The zero-order chi connectivity index (χ0) is 15.4. The predicted molar refractivity (Wildman–Crippen MR) is 87.8 cm³/mol. The van der Waals surface area contributed by atoms with Crippen LogP contribution in [0.1, 0.15) is 17.2 Å². The highest BCUT2D eigenvalue weighted by Gasteiger charge is 2.18. The molecule has 1 nitrogen and oxygen atoms in total. The molecule has 1 atom stereocenters. The van der Waals surface area contributed by atoms with Gasteiger partial charge in [0, 0.05) is 16.5 Å². The van der Waals surface area contributed by atoms with Crippen LogP contribution < -0.4 is 5.32 Å². The fraction of sp³-hybridized carbons (Fsp3) is 0.250. The van der Waals surface area contributed by atoms with E-state index >= 15 is 0 Å². The van der Waals surface area contributed by atoms with Crippen LogP contribution in [0.4, 0.5) is 8.78 Å². The van der Waals surface area contributed by atoms with Crippen molar-refractivity contribution in [3.05, 3.63) is 63.6 Å². The highest BCUT2D eigenvalue weighted by Crippen LogP contribution is 2.27. The number of halogens is 3. The first-order chi connectivity index (χ1) is 10.1. The van der Waals surface area contributed by atoms with Gasteiger partial charge in [-0.25, -0.2) is 8.78 Å². The van der Waals surface area contributed by atoms with E-state index in [1.807, 2.05) is 30.5 Å². The Labute approximate surface area is 136 Å². The number of likely N-dealkylation sites (N-methyl/N-ethyl adjacent to an activating group) is 1. The molecule has 0 bridgehead atoms. The molecule has 2 rings (SSSR count). The molecule has 0 aromatic heterocycles. The number of nitrogens with one attached hydrogen (secondary N) is 1. The van der Waals surface area contributed by atoms with Gasteiger partial charge in [0.25, 0.3) is 0 Å². The average molecular weight is 372 g/mol. The van der Waals surface area contributed by atoms with Crippen molar-refractivity contribution in [2.75, 3.05) is 13.3 Å². The van der Waals surface area contributed by atoms with Crippen molar-refractivity contribution in [3.63, 3.8) is 0 Å². The molecule has 0 saturated heterocycles. The number of hydrogen-bond donors (Lipinski definition) is 1. The summed E-state index contributed by atoms with van der Waals surface area (Å²) in [4.78, 5) is 1.16. The summed E-state index contributed by atoms with van der Waals surface area (Å²) in [6.45, 7) is 0. The van der Waals surface area contributed by atoms with Crippen LogP contribution in [0.25, 0.3) is 0 Å². The molecule has 112 valence electrons. The minimum Gasteiger partial charge on any atom is -0.313 e. The summed E-state index contributed by atoms with van der Waals surface area (Å²) in [6.07, 6.45) is 2.27. The van der Waals surface area contributed by atoms with Crippen molar-refractivity contribution >= 4 is 27.7 Å².